The number of aromatic nitrogens is 1. The number of nitrogens with one attached hydrogen (secondary N) is 1. The van der Waals surface area contributed by atoms with E-state index in [4.69, 9.17) is 9.15 Å². The number of piperidine rings is 1. The number of hydrogen-bond donors (Lipinski definition) is 2. The fourth-order valence-electron chi connectivity index (χ4n) is 3.96. The molecule has 4 rings (SSSR count). The first kappa shape index (κ1) is 23.3. The zero-order chi connectivity index (χ0) is 23.6. The highest BCUT2D eigenvalue weighted by Gasteiger charge is 2.23. The smallest absolute Gasteiger partial charge is 0.295 e. The van der Waals surface area contributed by atoms with E-state index in [1.54, 1.807) is 19.1 Å². The number of hydrogen-bond acceptors (Lipinski definition) is 8. The van der Waals surface area contributed by atoms with E-state index < -0.39 is 15.7 Å². The Morgan fingerprint density at radius 1 is 1.24 bits per heavy atom. The highest BCUT2D eigenvalue weighted by molar-refractivity contribution is 7.91. The number of halogens is 1. The molecule has 2 N–H and O–H groups in total. The van der Waals surface area contributed by atoms with Crippen LogP contribution in [0.25, 0.3) is 11.1 Å². The van der Waals surface area contributed by atoms with Crippen molar-refractivity contribution in [1.82, 2.24) is 9.88 Å². The van der Waals surface area contributed by atoms with Crippen LogP contribution in [-0.2, 0) is 16.4 Å². The molecule has 0 radical (unpaired) electrons. The van der Waals surface area contributed by atoms with Crippen LogP contribution < -0.4 is 10.1 Å². The summed E-state index contributed by atoms with van der Waals surface area (Å²) < 4.78 is 49.6. The summed E-state index contributed by atoms with van der Waals surface area (Å²) >= 11 is 0. The fourth-order valence-corrected chi connectivity index (χ4v) is 4.86. The quantitative estimate of drug-likeness (QED) is 0.503. The summed E-state index contributed by atoms with van der Waals surface area (Å²) in [6, 6.07) is 7.85. The minimum absolute atomic E-state index is 0.0288. The molecule has 0 unspecified atom stereocenters. The lowest BCUT2D eigenvalue weighted by Crippen LogP contribution is -2.38. The molecule has 1 aromatic heterocycles. The van der Waals surface area contributed by atoms with E-state index >= 15 is 0 Å². The number of nitrogens with zero attached hydrogens (tertiary/aromatic N) is 2. The molecule has 10 heteroatoms. The van der Waals surface area contributed by atoms with Crippen molar-refractivity contribution >= 4 is 27.0 Å². The van der Waals surface area contributed by atoms with Crippen molar-refractivity contribution in [2.45, 2.75) is 44.2 Å². The van der Waals surface area contributed by atoms with Gasteiger partial charge in [-0.05, 0) is 44.0 Å². The lowest BCUT2D eigenvalue weighted by molar-refractivity contribution is 0.207. The predicted molar refractivity (Wildman–Crippen MR) is 123 cm³/mol. The molecule has 3 aromatic rings. The maximum absolute atomic E-state index is 14.3. The molecule has 0 atom stereocenters. The standard InChI is InChI=1S/C23H28FN3O5S/c1-3-31-22-11-15(18(24)13-20(22)28)14-27-9-7-16(8-10-27)25-23-26-19-12-17(33(29,30)4-2)5-6-21(19)32-23/h5-6,11-13,16,28H,3-4,7-10,14H2,1-2H3,(H,25,26). The predicted octanol–water partition coefficient (Wildman–Crippen LogP) is 3.94. The Balaban J connectivity index is 1.37. The van der Waals surface area contributed by atoms with Crippen LogP contribution in [0.3, 0.4) is 0 Å². The number of sulfone groups is 1. The number of fused-ring (bicyclic) bond motifs is 1. The van der Waals surface area contributed by atoms with E-state index in [0.29, 0.717) is 35.8 Å². The normalized spacial score (nSPS) is 15.7. The van der Waals surface area contributed by atoms with Gasteiger partial charge in [0.25, 0.3) is 6.01 Å². The van der Waals surface area contributed by atoms with Crippen LogP contribution in [0, 0.1) is 5.82 Å². The van der Waals surface area contributed by atoms with Gasteiger partial charge in [-0.1, -0.05) is 6.92 Å². The maximum Gasteiger partial charge on any atom is 0.295 e. The molecular formula is C23H28FN3O5S. The first-order valence-electron chi connectivity index (χ1n) is 11.1. The number of benzene rings is 2. The second kappa shape index (κ2) is 9.56. The minimum Gasteiger partial charge on any atom is -0.504 e. The van der Waals surface area contributed by atoms with Gasteiger partial charge in [0.2, 0.25) is 0 Å². The average Bonchev–Trinajstić information content (AvgIpc) is 3.20. The van der Waals surface area contributed by atoms with Crippen molar-refractivity contribution in [2.24, 2.45) is 0 Å². The van der Waals surface area contributed by atoms with Crippen LogP contribution in [0.1, 0.15) is 32.3 Å². The van der Waals surface area contributed by atoms with Crippen LogP contribution in [0.4, 0.5) is 10.4 Å². The van der Waals surface area contributed by atoms with Crippen molar-refractivity contribution < 1.29 is 27.1 Å². The molecule has 2 aromatic carbocycles. The number of phenolic OH excluding ortho intramolecular Hbond substituents is 1. The Bertz CT molecular complexity index is 1240. The van der Waals surface area contributed by atoms with Gasteiger partial charge in [-0.15, -0.1) is 0 Å². The number of phenols is 1. The topological polar surface area (TPSA) is 105 Å². The molecule has 0 bridgehead atoms. The second-order valence-corrected chi connectivity index (χ2v) is 10.4. The summed E-state index contributed by atoms with van der Waals surface area (Å²) in [5, 5.41) is 13.1. The fraction of sp³-hybridized carbons (Fsp3) is 0.435. The van der Waals surface area contributed by atoms with E-state index in [1.807, 2.05) is 6.92 Å². The second-order valence-electron chi connectivity index (χ2n) is 8.09. The highest BCUT2D eigenvalue weighted by atomic mass is 32.2. The van der Waals surface area contributed by atoms with Gasteiger partial charge in [0.1, 0.15) is 11.3 Å². The molecule has 0 amide bonds. The molecule has 2 heterocycles. The average molecular weight is 478 g/mol. The Morgan fingerprint density at radius 2 is 2.00 bits per heavy atom. The van der Waals surface area contributed by atoms with E-state index in [2.05, 4.69) is 15.2 Å². The largest absolute Gasteiger partial charge is 0.504 e. The third-order valence-electron chi connectivity index (χ3n) is 5.84. The van der Waals surface area contributed by atoms with Gasteiger partial charge in [-0.2, -0.15) is 4.98 Å². The van der Waals surface area contributed by atoms with Gasteiger partial charge < -0.3 is 19.6 Å². The van der Waals surface area contributed by atoms with Crippen molar-refractivity contribution in [2.75, 3.05) is 30.8 Å². The van der Waals surface area contributed by atoms with E-state index in [9.17, 15) is 17.9 Å². The molecule has 1 fully saturated rings. The Kier molecular flexibility index (Phi) is 6.76. The van der Waals surface area contributed by atoms with Gasteiger partial charge in [0.05, 0.1) is 17.3 Å². The van der Waals surface area contributed by atoms with Gasteiger partial charge >= 0.3 is 0 Å². The summed E-state index contributed by atoms with van der Waals surface area (Å²) in [5.74, 6) is -0.330. The van der Waals surface area contributed by atoms with E-state index in [0.717, 1.165) is 32.0 Å². The van der Waals surface area contributed by atoms with Crippen molar-refractivity contribution in [3.8, 4) is 11.5 Å². The summed E-state index contributed by atoms with van der Waals surface area (Å²) in [4.78, 5) is 6.79. The number of ether oxygens (including phenoxy) is 1. The monoisotopic (exact) mass is 477 g/mol. The lowest BCUT2D eigenvalue weighted by atomic mass is 10.0. The summed E-state index contributed by atoms with van der Waals surface area (Å²) in [6.07, 6.45) is 1.62. The molecule has 0 spiro atoms. The van der Waals surface area contributed by atoms with Gasteiger partial charge in [0, 0.05) is 37.3 Å². The minimum atomic E-state index is -3.31. The summed E-state index contributed by atoms with van der Waals surface area (Å²) in [5.41, 5.74) is 1.51. The number of anilines is 1. The number of aromatic hydroxyl groups is 1. The molecular weight excluding hydrogens is 449 g/mol. The van der Waals surface area contributed by atoms with Crippen molar-refractivity contribution in [1.29, 1.82) is 0 Å². The molecule has 1 aliphatic rings. The number of rotatable bonds is 8. The van der Waals surface area contributed by atoms with E-state index in [-0.39, 0.29) is 28.2 Å². The Labute approximate surface area is 192 Å². The van der Waals surface area contributed by atoms with Crippen LogP contribution >= 0.6 is 0 Å². The van der Waals surface area contributed by atoms with Gasteiger partial charge in [-0.3, -0.25) is 4.90 Å². The molecule has 0 saturated carbocycles. The highest BCUT2D eigenvalue weighted by Crippen LogP contribution is 2.30. The molecule has 1 aliphatic heterocycles. The SMILES string of the molecule is CCOc1cc(CN2CCC(Nc3nc4cc(S(=O)(=O)CC)ccc4o3)CC2)c(F)cc1O. The molecule has 8 nitrogen and oxygen atoms in total. The lowest BCUT2D eigenvalue weighted by Gasteiger charge is -2.32. The van der Waals surface area contributed by atoms with Crippen LogP contribution in [0.5, 0.6) is 11.5 Å². The molecule has 178 valence electrons. The van der Waals surface area contributed by atoms with Crippen LogP contribution in [0.2, 0.25) is 0 Å². The van der Waals surface area contributed by atoms with Crippen molar-refractivity contribution in [3.05, 3.63) is 41.7 Å². The first-order valence-corrected chi connectivity index (χ1v) is 12.7. The zero-order valence-electron chi connectivity index (χ0n) is 18.7. The number of likely N-dealkylation sites (tertiary alicyclic amines) is 1. The van der Waals surface area contributed by atoms with Gasteiger partial charge in [-0.25, -0.2) is 12.8 Å². The maximum atomic E-state index is 14.3. The third-order valence-corrected chi connectivity index (χ3v) is 7.57. The van der Waals surface area contributed by atoms with Crippen LogP contribution in [-0.4, -0.2) is 54.9 Å². The van der Waals surface area contributed by atoms with Gasteiger partial charge in [0.15, 0.2) is 26.9 Å². The number of oxazole rings is 1. The molecule has 33 heavy (non-hydrogen) atoms. The zero-order valence-corrected chi connectivity index (χ0v) is 19.5. The first-order chi connectivity index (χ1) is 15.8. The summed E-state index contributed by atoms with van der Waals surface area (Å²) in [6.45, 7) is 5.73. The summed E-state index contributed by atoms with van der Waals surface area (Å²) in [7, 11) is -3.31. The Hall–Kier alpha value is -2.85. The van der Waals surface area contributed by atoms with Crippen molar-refractivity contribution in [3.63, 3.8) is 0 Å². The Morgan fingerprint density at radius 3 is 2.70 bits per heavy atom. The third kappa shape index (κ3) is 5.22. The van der Waals surface area contributed by atoms with E-state index in [1.165, 1.54) is 12.1 Å². The molecule has 0 aliphatic carbocycles. The molecule has 1 saturated heterocycles. The van der Waals surface area contributed by atoms with Crippen LogP contribution in [0.15, 0.2) is 39.6 Å².